The second-order valence-electron chi connectivity index (χ2n) is 3.10. The van der Waals surface area contributed by atoms with E-state index in [2.05, 4.69) is 0 Å². The van der Waals surface area contributed by atoms with Crippen LogP contribution in [0.25, 0.3) is 0 Å². The summed E-state index contributed by atoms with van der Waals surface area (Å²) in [7, 11) is 0. The Labute approximate surface area is 69.5 Å². The molecular weight excluding hydrogens is 155 g/mol. The van der Waals surface area contributed by atoms with Crippen molar-refractivity contribution >= 4 is 0 Å². The zero-order valence-electron chi connectivity index (χ0n) is 6.33. The zero-order chi connectivity index (χ0) is 8.13. The maximum atomic E-state index is 13.2. The van der Waals surface area contributed by atoms with E-state index in [0.717, 1.165) is 11.1 Å². The molecule has 1 nitrogen and oxygen atoms in total. The Balaban J connectivity index is 2.30. The molecule has 12 heavy (non-hydrogen) atoms. The van der Waals surface area contributed by atoms with Gasteiger partial charge in [0.15, 0.2) is 0 Å². The molecule has 2 aliphatic heterocycles. The molecule has 0 N–H and O–H groups in total. The molecule has 0 radical (unpaired) electrons. The summed E-state index contributed by atoms with van der Waals surface area (Å²) < 4.78 is 18.7. The summed E-state index contributed by atoms with van der Waals surface area (Å²) in [5.74, 6) is -0.149. The largest absolute Gasteiger partial charge is 0.357 e. The fourth-order valence-corrected chi connectivity index (χ4v) is 1.89. The van der Waals surface area contributed by atoms with Crippen molar-refractivity contribution in [2.75, 3.05) is 0 Å². The Morgan fingerprint density at radius 3 is 2.83 bits per heavy atom. The first-order chi connectivity index (χ1) is 5.86. The summed E-state index contributed by atoms with van der Waals surface area (Å²) >= 11 is 0. The van der Waals surface area contributed by atoms with E-state index in [-0.39, 0.29) is 18.0 Å². The van der Waals surface area contributed by atoms with Crippen LogP contribution in [0.1, 0.15) is 23.3 Å². The minimum absolute atomic E-state index is 0.000648. The van der Waals surface area contributed by atoms with Gasteiger partial charge in [-0.05, 0) is 11.6 Å². The van der Waals surface area contributed by atoms with E-state index in [1.54, 1.807) is 6.07 Å². The molecule has 0 aliphatic carbocycles. The van der Waals surface area contributed by atoms with Gasteiger partial charge < -0.3 is 4.74 Å². The number of hydrogen-bond acceptors (Lipinski definition) is 1. The highest BCUT2D eigenvalue weighted by Crippen LogP contribution is 2.46. The van der Waals surface area contributed by atoms with Gasteiger partial charge in [0.1, 0.15) is 18.0 Å². The molecule has 3 rings (SSSR count). The average molecular weight is 162 g/mol. The van der Waals surface area contributed by atoms with Crippen LogP contribution in [0.4, 0.5) is 4.39 Å². The molecule has 0 fully saturated rings. The molecule has 2 bridgehead atoms. The van der Waals surface area contributed by atoms with Crippen LogP contribution in [-0.2, 0) is 4.74 Å². The summed E-state index contributed by atoms with van der Waals surface area (Å²) in [4.78, 5) is 0. The third-order valence-electron chi connectivity index (χ3n) is 2.43. The Kier molecular flexibility index (Phi) is 1.04. The molecule has 0 amide bonds. The lowest BCUT2D eigenvalue weighted by atomic mass is 9.97. The molecule has 2 atom stereocenters. The van der Waals surface area contributed by atoms with Crippen LogP contribution in [-0.4, -0.2) is 0 Å². The van der Waals surface area contributed by atoms with Crippen molar-refractivity contribution in [2.24, 2.45) is 0 Å². The van der Waals surface area contributed by atoms with Gasteiger partial charge in [0.25, 0.3) is 0 Å². The van der Waals surface area contributed by atoms with Crippen molar-refractivity contribution in [1.82, 2.24) is 0 Å². The third kappa shape index (κ3) is 0.612. The van der Waals surface area contributed by atoms with Crippen LogP contribution < -0.4 is 0 Å². The highest BCUT2D eigenvalue weighted by atomic mass is 19.1. The van der Waals surface area contributed by atoms with Gasteiger partial charge >= 0.3 is 0 Å². The summed E-state index contributed by atoms with van der Waals surface area (Å²) in [5, 5.41) is 0. The summed E-state index contributed by atoms with van der Waals surface area (Å²) in [6.07, 6.45) is 3.76. The van der Waals surface area contributed by atoms with Crippen LogP contribution in [0.3, 0.4) is 0 Å². The predicted octanol–water partition coefficient (Wildman–Crippen LogP) is 2.51. The van der Waals surface area contributed by atoms with Crippen molar-refractivity contribution < 1.29 is 9.13 Å². The summed E-state index contributed by atoms with van der Waals surface area (Å²) in [6, 6.07) is 5.13. The maximum absolute atomic E-state index is 13.2. The standard InChI is InChI=1S/C10H7FO/c11-7-3-1-2-6-8-4-5-9(12-8)10(6)7/h1-5,8-9H/t8-,9+/m1/s1. The molecule has 2 aliphatic rings. The molecule has 0 aromatic heterocycles. The number of fused-ring (bicyclic) bond motifs is 5. The van der Waals surface area contributed by atoms with E-state index in [4.69, 9.17) is 4.74 Å². The van der Waals surface area contributed by atoms with Gasteiger partial charge in [-0.25, -0.2) is 4.39 Å². The number of rotatable bonds is 0. The first-order valence-corrected chi connectivity index (χ1v) is 3.98. The molecule has 1 aromatic rings. The average Bonchev–Trinajstić information content (AvgIpc) is 2.64. The van der Waals surface area contributed by atoms with E-state index in [1.165, 1.54) is 6.07 Å². The molecule has 0 saturated heterocycles. The van der Waals surface area contributed by atoms with Gasteiger partial charge in [0.2, 0.25) is 0 Å². The molecule has 0 saturated carbocycles. The Hall–Kier alpha value is -1.15. The highest BCUT2D eigenvalue weighted by Gasteiger charge is 2.35. The Bertz CT molecular complexity index is 370. The van der Waals surface area contributed by atoms with Gasteiger partial charge in [-0.3, -0.25) is 0 Å². The lowest BCUT2D eigenvalue weighted by Gasteiger charge is -2.06. The smallest absolute Gasteiger partial charge is 0.129 e. The number of ether oxygens (including phenoxy) is 1. The molecule has 1 aromatic carbocycles. The van der Waals surface area contributed by atoms with E-state index in [1.807, 2.05) is 18.2 Å². The van der Waals surface area contributed by atoms with Gasteiger partial charge in [0, 0.05) is 5.56 Å². The van der Waals surface area contributed by atoms with Crippen LogP contribution >= 0.6 is 0 Å². The second-order valence-corrected chi connectivity index (χ2v) is 3.10. The molecule has 0 spiro atoms. The van der Waals surface area contributed by atoms with E-state index in [9.17, 15) is 4.39 Å². The van der Waals surface area contributed by atoms with Gasteiger partial charge in [0.05, 0.1) is 0 Å². The zero-order valence-corrected chi connectivity index (χ0v) is 6.33. The van der Waals surface area contributed by atoms with Gasteiger partial charge in [-0.15, -0.1) is 0 Å². The predicted molar refractivity (Wildman–Crippen MR) is 42.1 cm³/mol. The van der Waals surface area contributed by atoms with Crippen molar-refractivity contribution in [3.63, 3.8) is 0 Å². The fourth-order valence-electron chi connectivity index (χ4n) is 1.89. The topological polar surface area (TPSA) is 9.23 Å². The first-order valence-electron chi connectivity index (χ1n) is 3.98. The lowest BCUT2D eigenvalue weighted by molar-refractivity contribution is 0.0867. The van der Waals surface area contributed by atoms with Gasteiger partial charge in [-0.2, -0.15) is 0 Å². The number of halogens is 1. The molecule has 2 heteroatoms. The van der Waals surface area contributed by atoms with Crippen LogP contribution in [0.2, 0.25) is 0 Å². The maximum Gasteiger partial charge on any atom is 0.129 e. The fraction of sp³-hybridized carbons (Fsp3) is 0.200. The molecule has 0 unspecified atom stereocenters. The Morgan fingerprint density at radius 2 is 2.00 bits per heavy atom. The van der Waals surface area contributed by atoms with Crippen molar-refractivity contribution in [3.05, 3.63) is 47.3 Å². The minimum atomic E-state index is -0.149. The summed E-state index contributed by atoms with van der Waals surface area (Å²) in [5.41, 5.74) is 1.72. The van der Waals surface area contributed by atoms with Crippen molar-refractivity contribution in [2.45, 2.75) is 12.2 Å². The third-order valence-corrected chi connectivity index (χ3v) is 2.43. The molecule has 2 heterocycles. The molecular formula is C10H7FO. The normalized spacial score (nSPS) is 29.4. The van der Waals surface area contributed by atoms with Crippen LogP contribution in [0.15, 0.2) is 30.4 Å². The van der Waals surface area contributed by atoms with Crippen LogP contribution in [0.5, 0.6) is 0 Å². The van der Waals surface area contributed by atoms with Crippen molar-refractivity contribution in [3.8, 4) is 0 Å². The monoisotopic (exact) mass is 162 g/mol. The van der Waals surface area contributed by atoms with E-state index in [0.29, 0.717) is 0 Å². The lowest BCUT2D eigenvalue weighted by Crippen LogP contribution is -1.95. The molecule has 60 valence electrons. The van der Waals surface area contributed by atoms with Gasteiger partial charge in [-0.1, -0.05) is 24.3 Å². The Morgan fingerprint density at radius 1 is 1.17 bits per heavy atom. The van der Waals surface area contributed by atoms with Crippen LogP contribution in [0, 0.1) is 5.82 Å². The number of hydrogen-bond donors (Lipinski definition) is 0. The highest BCUT2D eigenvalue weighted by molar-refractivity contribution is 5.43. The SMILES string of the molecule is Fc1cccc2c1[C@@H]1C=C[C@H]2O1. The van der Waals surface area contributed by atoms with Crippen molar-refractivity contribution in [1.29, 1.82) is 0 Å². The minimum Gasteiger partial charge on any atom is -0.357 e. The second kappa shape index (κ2) is 1.96. The summed E-state index contributed by atoms with van der Waals surface area (Å²) in [6.45, 7) is 0. The van der Waals surface area contributed by atoms with E-state index >= 15 is 0 Å². The van der Waals surface area contributed by atoms with E-state index < -0.39 is 0 Å². The number of benzene rings is 1. The first kappa shape index (κ1) is 6.38. The quantitative estimate of drug-likeness (QED) is 0.532.